The fraction of sp³-hybridized carbons (Fsp3) is 0.179. The maximum absolute atomic E-state index is 13.4. The SMILES string of the molecule is COc1ccc(C2=N[C@@](C)([C@@H]3c4cc(OC)ccc4C=CN3C(=O)Oc3ccccc3)C(=O)O2)cc1. The molecule has 2 aliphatic rings. The van der Waals surface area contributed by atoms with E-state index in [4.69, 9.17) is 23.9 Å². The van der Waals surface area contributed by atoms with Crippen molar-refractivity contribution in [3.8, 4) is 17.2 Å². The average molecular weight is 485 g/mol. The number of fused-ring (bicyclic) bond motifs is 1. The van der Waals surface area contributed by atoms with Crippen LogP contribution in [0.15, 0.2) is 84.0 Å². The van der Waals surface area contributed by atoms with Crippen molar-refractivity contribution in [1.29, 1.82) is 0 Å². The molecule has 0 N–H and O–H groups in total. The van der Waals surface area contributed by atoms with E-state index < -0.39 is 23.6 Å². The number of hydrogen-bond donors (Lipinski definition) is 0. The Morgan fingerprint density at radius 1 is 0.944 bits per heavy atom. The predicted molar refractivity (Wildman–Crippen MR) is 133 cm³/mol. The Bertz CT molecular complexity index is 1370. The zero-order chi connectivity index (χ0) is 25.3. The summed E-state index contributed by atoms with van der Waals surface area (Å²) in [4.78, 5) is 32.9. The Labute approximate surface area is 208 Å². The predicted octanol–water partition coefficient (Wildman–Crippen LogP) is 4.99. The number of nitrogens with zero attached hydrogens (tertiary/aromatic N) is 2. The van der Waals surface area contributed by atoms with Crippen molar-refractivity contribution in [1.82, 2.24) is 4.90 Å². The van der Waals surface area contributed by atoms with E-state index in [1.807, 2.05) is 18.2 Å². The molecule has 0 saturated heterocycles. The van der Waals surface area contributed by atoms with Gasteiger partial charge in [0.25, 0.3) is 0 Å². The van der Waals surface area contributed by atoms with Crippen molar-refractivity contribution < 1.29 is 28.5 Å². The molecule has 2 aliphatic heterocycles. The Morgan fingerprint density at radius 3 is 2.33 bits per heavy atom. The quantitative estimate of drug-likeness (QED) is 0.474. The largest absolute Gasteiger partial charge is 0.497 e. The molecule has 0 fully saturated rings. The van der Waals surface area contributed by atoms with Crippen LogP contribution in [0.4, 0.5) is 4.79 Å². The Balaban J connectivity index is 1.59. The second kappa shape index (κ2) is 9.22. The number of cyclic esters (lactones) is 1. The van der Waals surface area contributed by atoms with Gasteiger partial charge in [-0.05, 0) is 72.7 Å². The topological polar surface area (TPSA) is 86.7 Å². The minimum absolute atomic E-state index is 0.167. The summed E-state index contributed by atoms with van der Waals surface area (Å²) < 4.78 is 21.9. The van der Waals surface area contributed by atoms with E-state index in [1.54, 1.807) is 88.0 Å². The van der Waals surface area contributed by atoms with Gasteiger partial charge >= 0.3 is 12.1 Å². The van der Waals surface area contributed by atoms with Crippen molar-refractivity contribution in [3.05, 3.63) is 95.7 Å². The summed E-state index contributed by atoms with van der Waals surface area (Å²) in [5, 5.41) is 0. The lowest BCUT2D eigenvalue weighted by Gasteiger charge is -2.38. The lowest BCUT2D eigenvalue weighted by atomic mass is 9.82. The fourth-order valence-corrected chi connectivity index (χ4v) is 4.35. The molecule has 36 heavy (non-hydrogen) atoms. The molecular formula is C28H24N2O6. The fourth-order valence-electron chi connectivity index (χ4n) is 4.35. The second-order valence-corrected chi connectivity index (χ2v) is 8.48. The Hall–Kier alpha value is -4.59. The van der Waals surface area contributed by atoms with Crippen LogP contribution < -0.4 is 14.2 Å². The third-order valence-corrected chi connectivity index (χ3v) is 6.25. The normalized spacial score (nSPS) is 20.3. The minimum atomic E-state index is -1.46. The number of methoxy groups -OCH3 is 2. The number of hydrogen-bond acceptors (Lipinski definition) is 7. The third kappa shape index (κ3) is 4.07. The van der Waals surface area contributed by atoms with Gasteiger partial charge in [0.1, 0.15) is 23.3 Å². The van der Waals surface area contributed by atoms with Gasteiger partial charge in [0, 0.05) is 11.8 Å². The van der Waals surface area contributed by atoms with Crippen molar-refractivity contribution in [2.75, 3.05) is 14.2 Å². The lowest BCUT2D eigenvalue weighted by Crippen LogP contribution is -2.49. The Morgan fingerprint density at radius 2 is 1.64 bits per heavy atom. The van der Waals surface area contributed by atoms with E-state index in [0.29, 0.717) is 28.4 Å². The highest BCUT2D eigenvalue weighted by Gasteiger charge is 2.54. The number of amides is 1. The van der Waals surface area contributed by atoms with Crippen LogP contribution in [0.25, 0.3) is 6.08 Å². The number of para-hydroxylation sites is 1. The smallest absolute Gasteiger partial charge is 0.419 e. The molecule has 2 atom stereocenters. The van der Waals surface area contributed by atoms with Crippen LogP contribution in [-0.4, -0.2) is 42.6 Å². The molecule has 0 unspecified atom stereocenters. The van der Waals surface area contributed by atoms with E-state index >= 15 is 0 Å². The second-order valence-electron chi connectivity index (χ2n) is 8.48. The first-order valence-electron chi connectivity index (χ1n) is 11.3. The van der Waals surface area contributed by atoms with Crippen molar-refractivity contribution >= 4 is 24.0 Å². The molecule has 0 radical (unpaired) electrons. The zero-order valence-corrected chi connectivity index (χ0v) is 20.0. The molecule has 3 aromatic carbocycles. The van der Waals surface area contributed by atoms with E-state index in [1.165, 1.54) is 4.90 Å². The number of benzene rings is 3. The van der Waals surface area contributed by atoms with Gasteiger partial charge in [0.05, 0.1) is 14.2 Å². The summed E-state index contributed by atoms with van der Waals surface area (Å²) >= 11 is 0. The first kappa shape index (κ1) is 23.2. The summed E-state index contributed by atoms with van der Waals surface area (Å²) in [7, 11) is 3.13. The molecule has 0 aromatic heterocycles. The lowest BCUT2D eigenvalue weighted by molar-refractivity contribution is -0.140. The highest BCUT2D eigenvalue weighted by atomic mass is 16.6. The molecule has 0 saturated carbocycles. The van der Waals surface area contributed by atoms with Crippen molar-refractivity contribution in [2.45, 2.75) is 18.5 Å². The van der Waals surface area contributed by atoms with Crippen LogP contribution in [0.3, 0.4) is 0 Å². The van der Waals surface area contributed by atoms with Crippen LogP contribution in [0.2, 0.25) is 0 Å². The van der Waals surface area contributed by atoms with Crippen molar-refractivity contribution in [3.63, 3.8) is 0 Å². The maximum atomic E-state index is 13.4. The molecule has 2 heterocycles. The van der Waals surface area contributed by atoms with E-state index in [0.717, 1.165) is 5.56 Å². The number of aliphatic imine (C=N–C) groups is 1. The molecule has 0 aliphatic carbocycles. The summed E-state index contributed by atoms with van der Waals surface area (Å²) in [5.74, 6) is 1.22. The summed E-state index contributed by atoms with van der Waals surface area (Å²) in [6.07, 6.45) is 2.73. The first-order valence-corrected chi connectivity index (χ1v) is 11.3. The summed E-state index contributed by atoms with van der Waals surface area (Å²) in [6, 6.07) is 20.4. The highest BCUT2D eigenvalue weighted by Crippen LogP contribution is 2.44. The Kier molecular flexibility index (Phi) is 5.93. The van der Waals surface area contributed by atoms with E-state index in [-0.39, 0.29) is 5.90 Å². The molecule has 0 bridgehead atoms. The van der Waals surface area contributed by atoms with Crippen molar-refractivity contribution in [2.24, 2.45) is 4.99 Å². The van der Waals surface area contributed by atoms with Gasteiger partial charge < -0.3 is 18.9 Å². The van der Waals surface area contributed by atoms with Crippen LogP contribution in [0.1, 0.15) is 29.7 Å². The minimum Gasteiger partial charge on any atom is -0.497 e. The molecule has 1 amide bonds. The first-order chi connectivity index (χ1) is 17.4. The summed E-state index contributed by atoms with van der Waals surface area (Å²) in [6.45, 7) is 1.65. The number of carbonyl (C=O) groups is 2. The number of ether oxygens (including phenoxy) is 4. The van der Waals surface area contributed by atoms with Gasteiger partial charge in [-0.3, -0.25) is 4.90 Å². The van der Waals surface area contributed by atoms with Gasteiger partial charge in [0.15, 0.2) is 5.54 Å². The van der Waals surface area contributed by atoms with Gasteiger partial charge in [0.2, 0.25) is 5.90 Å². The van der Waals surface area contributed by atoms with Gasteiger partial charge in [-0.15, -0.1) is 0 Å². The van der Waals surface area contributed by atoms with Crippen LogP contribution in [0.5, 0.6) is 17.2 Å². The molecule has 8 nitrogen and oxygen atoms in total. The molecule has 5 rings (SSSR count). The van der Waals surface area contributed by atoms with Crippen LogP contribution in [0, 0.1) is 0 Å². The molecule has 8 heteroatoms. The third-order valence-electron chi connectivity index (χ3n) is 6.25. The average Bonchev–Trinajstić information content (AvgIpc) is 3.22. The summed E-state index contributed by atoms with van der Waals surface area (Å²) in [5.41, 5.74) is 0.660. The number of esters is 1. The van der Waals surface area contributed by atoms with E-state index in [9.17, 15) is 9.59 Å². The van der Waals surface area contributed by atoms with Crippen LogP contribution >= 0.6 is 0 Å². The maximum Gasteiger partial charge on any atom is 0.419 e. The highest BCUT2D eigenvalue weighted by molar-refractivity contribution is 6.08. The number of rotatable bonds is 5. The van der Waals surface area contributed by atoms with E-state index in [2.05, 4.69) is 0 Å². The molecule has 182 valence electrons. The van der Waals surface area contributed by atoms with Crippen LogP contribution in [-0.2, 0) is 9.53 Å². The molecular weight excluding hydrogens is 460 g/mol. The standard InChI is InChI=1S/C28H24N2O6/c1-28(26(31)36-25(29-28)19-10-12-20(33-2)13-11-19)24-23-17-22(34-3)14-9-18(23)15-16-30(24)27(32)35-21-7-5-4-6-8-21/h4-17,24H,1-3H3/t24-,28-/m0/s1. The molecule has 0 spiro atoms. The van der Waals surface area contributed by atoms with Gasteiger partial charge in [-0.2, -0.15) is 0 Å². The zero-order valence-electron chi connectivity index (χ0n) is 20.0. The molecule has 3 aromatic rings. The number of carbonyl (C=O) groups excluding carboxylic acids is 2. The van der Waals surface area contributed by atoms with Gasteiger partial charge in [-0.25, -0.2) is 14.6 Å². The monoisotopic (exact) mass is 484 g/mol. The van der Waals surface area contributed by atoms with Gasteiger partial charge in [-0.1, -0.05) is 24.3 Å².